The quantitative estimate of drug-likeness (QED) is 0.729. The third-order valence-electron chi connectivity index (χ3n) is 3.45. The molecule has 3 aromatic rings. The molecule has 9 heteroatoms. The van der Waals surface area contributed by atoms with Gasteiger partial charge in [-0.3, -0.25) is 0 Å². The number of nitrogens with zero attached hydrogens (tertiary/aromatic N) is 3. The van der Waals surface area contributed by atoms with Crippen molar-refractivity contribution in [3.05, 3.63) is 36.2 Å². The molecule has 116 valence electrons. The Morgan fingerprint density at radius 1 is 1.39 bits per heavy atom. The fourth-order valence-corrected chi connectivity index (χ4v) is 2.18. The summed E-state index contributed by atoms with van der Waals surface area (Å²) in [6.45, 7) is 3.08. The van der Waals surface area contributed by atoms with Gasteiger partial charge in [-0.2, -0.15) is 0 Å². The third-order valence-corrected chi connectivity index (χ3v) is 3.45. The molecule has 0 radical (unpaired) electrons. The number of hydrogen-bond donors (Lipinski definition) is 0. The van der Waals surface area contributed by atoms with Gasteiger partial charge in [0, 0.05) is 0 Å². The summed E-state index contributed by atoms with van der Waals surface area (Å²) in [5.41, 5.74) is 1.93. The van der Waals surface area contributed by atoms with Crippen molar-refractivity contribution in [2.24, 2.45) is 0 Å². The Labute approximate surface area is 131 Å². The van der Waals surface area contributed by atoms with Crippen LogP contribution in [0.5, 0.6) is 0 Å². The van der Waals surface area contributed by atoms with E-state index < -0.39 is 17.9 Å². The van der Waals surface area contributed by atoms with Crippen molar-refractivity contribution in [3.63, 3.8) is 0 Å². The Bertz CT molecular complexity index is 845. The molecule has 0 bridgehead atoms. The Kier molecular flexibility index (Phi) is 3.92. The second kappa shape index (κ2) is 6.03. The molecule has 2 amide bonds. The molecule has 23 heavy (non-hydrogen) atoms. The average molecular weight is 313 g/mol. The first kappa shape index (κ1) is 15.0. The molecule has 1 atom stereocenters. The van der Waals surface area contributed by atoms with Crippen LogP contribution in [-0.2, 0) is 9.53 Å². The van der Waals surface area contributed by atoms with E-state index in [1.54, 1.807) is 25.1 Å². The number of imide groups is 1. The van der Waals surface area contributed by atoms with Gasteiger partial charge < -0.3 is 0 Å². The molecule has 8 nitrogen and oxygen atoms in total. The Balaban J connectivity index is 1.94. The van der Waals surface area contributed by atoms with E-state index in [1.807, 2.05) is 0 Å². The molecule has 0 saturated carbocycles. The number of carbonyl (C=O) groups is 2. The predicted molar refractivity (Wildman–Crippen MR) is 80.2 cm³/mol. The number of fused-ring (bicyclic) bond motifs is 1. The average Bonchev–Trinajstić information content (AvgIpc) is 3.24. The number of oxazole rings is 1. The second-order valence-corrected chi connectivity index (χ2v) is 4.80. The van der Waals surface area contributed by atoms with Gasteiger partial charge in [-0.15, -0.1) is 0 Å². The van der Waals surface area contributed by atoms with Crippen LogP contribution < -0.4 is 4.90 Å². The summed E-state index contributed by atoms with van der Waals surface area (Å²) in [7, 11) is 1.19. The van der Waals surface area contributed by atoms with Gasteiger partial charge >= 0.3 is 130 Å². The van der Waals surface area contributed by atoms with Crippen molar-refractivity contribution in [3.8, 4) is 0 Å². The zero-order valence-electron chi connectivity index (χ0n) is 12.4. The van der Waals surface area contributed by atoms with Crippen LogP contribution in [0.15, 0.2) is 39.6 Å². The van der Waals surface area contributed by atoms with E-state index in [1.165, 1.54) is 26.5 Å². The van der Waals surface area contributed by atoms with E-state index in [-0.39, 0.29) is 5.78 Å². The fraction of sp³-hybridized carbons (Fsp3) is 0.214. The van der Waals surface area contributed by atoms with Crippen LogP contribution in [0.25, 0.3) is 11.1 Å². The van der Waals surface area contributed by atoms with Gasteiger partial charge in [-0.05, 0) is 0 Å². The van der Waals surface area contributed by atoms with Gasteiger partial charge in [-0.1, -0.05) is 0 Å². The molecule has 0 aliphatic heterocycles. The van der Waals surface area contributed by atoms with Crippen LogP contribution >= 0.6 is 0 Å². The van der Waals surface area contributed by atoms with Crippen molar-refractivity contribution in [2.75, 3.05) is 12.0 Å². The molecule has 0 fully saturated rings. The number of methoxy groups -OCH3 is 1. The molecule has 0 N–H and O–H groups in total. The van der Waals surface area contributed by atoms with E-state index >= 15 is 0 Å². The molecule has 2 aromatic heterocycles. The monoisotopic (exact) mass is 313 g/mol. The number of ether oxygens (including phenoxy) is 1. The number of anilines is 1. The van der Waals surface area contributed by atoms with Gasteiger partial charge in [-0.25, -0.2) is 0 Å². The van der Waals surface area contributed by atoms with E-state index in [0.717, 1.165) is 4.90 Å². The molecule has 0 aliphatic carbocycles. The minimum atomic E-state index is -0.846. The first-order valence-corrected chi connectivity index (χ1v) is 6.77. The molecule has 0 saturated heterocycles. The van der Waals surface area contributed by atoms with Gasteiger partial charge in [0.05, 0.1) is 0 Å². The molecule has 1 unspecified atom stereocenters. The number of aromatic nitrogens is 2. The molecule has 3 rings (SSSR count). The zero-order valence-corrected chi connectivity index (χ0v) is 12.4. The molecule has 1 aromatic carbocycles. The zero-order chi connectivity index (χ0) is 16.4. The fourth-order valence-electron chi connectivity index (χ4n) is 2.18. The third kappa shape index (κ3) is 2.72. The molecule has 0 spiro atoms. The molecule has 2 heterocycles. The van der Waals surface area contributed by atoms with Gasteiger partial charge in [0.25, 0.3) is 0 Å². The van der Waals surface area contributed by atoms with Crippen LogP contribution in [0.1, 0.15) is 18.4 Å². The maximum absolute atomic E-state index is 12.7. The maximum atomic E-state index is 12.7. The molecule has 0 aliphatic rings. The minimum absolute atomic E-state index is 0.00351. The topological polar surface area (TPSA) is 98.7 Å². The first-order valence-electron chi connectivity index (χ1n) is 6.77. The van der Waals surface area contributed by atoms with Gasteiger partial charge in [0.2, 0.25) is 0 Å². The summed E-state index contributed by atoms with van der Waals surface area (Å²) in [5.74, 6) is -1.13. The normalized spacial score (nSPS) is 11.9. The number of hydrogen-bond acceptors (Lipinski definition) is 7. The number of benzene rings is 1. The number of amides is 2. The number of rotatable bonds is 3. The second-order valence-electron chi connectivity index (χ2n) is 4.80. The SMILES string of the molecule is COC(=O)N(C(=O)C(C)c1ccc2ocnc2c1)c1bcno1. The van der Waals surface area contributed by atoms with E-state index in [9.17, 15) is 9.59 Å². The van der Waals surface area contributed by atoms with Gasteiger partial charge in [0.1, 0.15) is 0 Å². The van der Waals surface area contributed by atoms with Gasteiger partial charge in [0.15, 0.2) is 0 Å². The van der Waals surface area contributed by atoms with Crippen LogP contribution in [0.4, 0.5) is 10.6 Å². The van der Waals surface area contributed by atoms with Crippen LogP contribution in [0, 0.1) is 0 Å². The van der Waals surface area contributed by atoms with E-state index in [2.05, 4.69) is 14.9 Å². The van der Waals surface area contributed by atoms with Crippen molar-refractivity contribution in [1.82, 2.24) is 10.1 Å². The Morgan fingerprint density at radius 3 is 2.91 bits per heavy atom. The Morgan fingerprint density at radius 2 is 2.22 bits per heavy atom. The molecular formula is C14H12BN3O5. The molecular weight excluding hydrogens is 301 g/mol. The first-order chi connectivity index (χ1) is 11.1. The number of carbonyl (C=O) groups excluding carboxylic acids is 2. The Hall–Kier alpha value is -2.97. The van der Waals surface area contributed by atoms with E-state index in [4.69, 9.17) is 8.94 Å². The standard InChI is InChI=1S/C14H12BN3O5/c1-8(9-3-4-11-10(5-9)16-7-22-11)12(19)18(14(20)21-2)13-15-6-17-23-13/h3-8H,1-2H3. The van der Waals surface area contributed by atoms with Crippen molar-refractivity contribution in [2.45, 2.75) is 12.8 Å². The van der Waals surface area contributed by atoms with Crippen LogP contribution in [0.2, 0.25) is 0 Å². The predicted octanol–water partition coefficient (Wildman–Crippen LogP) is 2.06. The summed E-state index contributed by atoms with van der Waals surface area (Å²) >= 11 is 0. The summed E-state index contributed by atoms with van der Waals surface area (Å²) in [6.07, 6.45) is 1.82. The van der Waals surface area contributed by atoms with Crippen LogP contribution in [0.3, 0.4) is 0 Å². The van der Waals surface area contributed by atoms with Crippen LogP contribution in [-0.4, -0.2) is 36.2 Å². The van der Waals surface area contributed by atoms with Crippen molar-refractivity contribution < 1.29 is 23.3 Å². The van der Waals surface area contributed by atoms with Crippen molar-refractivity contribution >= 4 is 35.8 Å². The summed E-state index contributed by atoms with van der Waals surface area (Å²) in [5, 5.41) is 3.51. The van der Waals surface area contributed by atoms with E-state index in [0.29, 0.717) is 16.7 Å². The summed E-state index contributed by atoms with van der Waals surface area (Å²) in [4.78, 5) is 29.5. The van der Waals surface area contributed by atoms with Crippen molar-refractivity contribution in [1.29, 1.82) is 0 Å². The summed E-state index contributed by atoms with van der Waals surface area (Å²) < 4.78 is 14.7. The summed E-state index contributed by atoms with van der Waals surface area (Å²) in [6, 6.07) is 5.20.